The van der Waals surface area contributed by atoms with Crippen LogP contribution >= 0.6 is 0 Å². The Hall–Kier alpha value is -1.75. The minimum Gasteiger partial charge on any atom is -0.307 e. The molecule has 2 heterocycles. The van der Waals surface area contributed by atoms with E-state index in [0.29, 0.717) is 0 Å². The normalized spacial score (nSPS) is 19.7. The number of nitrogens with zero attached hydrogens (tertiary/aromatic N) is 4. The Morgan fingerprint density at radius 1 is 1.41 bits per heavy atom. The zero-order chi connectivity index (χ0) is 11.7. The number of nitrogens with one attached hydrogen (secondary N) is 1. The van der Waals surface area contributed by atoms with Crippen molar-refractivity contribution in [2.24, 2.45) is 0 Å². The molecule has 0 aliphatic carbocycles. The first-order valence-electron chi connectivity index (χ1n) is 5.93. The maximum absolute atomic E-state index is 4.14. The van der Waals surface area contributed by atoms with E-state index < -0.39 is 0 Å². The number of tetrazole rings is 1. The topological polar surface area (TPSA) is 55.6 Å². The van der Waals surface area contributed by atoms with Gasteiger partial charge in [0.15, 0.2) is 5.82 Å². The Morgan fingerprint density at radius 3 is 3.12 bits per heavy atom. The van der Waals surface area contributed by atoms with E-state index >= 15 is 0 Å². The maximum atomic E-state index is 4.14. The summed E-state index contributed by atoms with van der Waals surface area (Å²) in [6.45, 7) is 3.12. The van der Waals surface area contributed by atoms with E-state index in [-0.39, 0.29) is 6.04 Å². The van der Waals surface area contributed by atoms with Crippen LogP contribution in [-0.2, 0) is 0 Å². The van der Waals surface area contributed by atoms with Crippen LogP contribution < -0.4 is 5.32 Å². The van der Waals surface area contributed by atoms with E-state index in [1.807, 2.05) is 16.8 Å². The number of aryl methyl sites for hydroxylation is 1. The minimum absolute atomic E-state index is 0.283. The number of rotatable bonds is 2. The van der Waals surface area contributed by atoms with Crippen molar-refractivity contribution in [2.45, 2.75) is 25.8 Å². The second-order valence-corrected chi connectivity index (χ2v) is 4.44. The molecule has 0 spiro atoms. The van der Waals surface area contributed by atoms with Crippen molar-refractivity contribution in [1.29, 1.82) is 0 Å². The molecule has 1 aromatic carbocycles. The largest absolute Gasteiger partial charge is 0.307 e. The lowest BCUT2D eigenvalue weighted by Gasteiger charge is -2.10. The maximum Gasteiger partial charge on any atom is 0.173 e. The lowest BCUT2D eigenvalue weighted by molar-refractivity contribution is 0.583. The highest BCUT2D eigenvalue weighted by Crippen LogP contribution is 2.22. The number of hydrogen-bond acceptors (Lipinski definition) is 4. The van der Waals surface area contributed by atoms with Crippen molar-refractivity contribution < 1.29 is 0 Å². The number of benzene rings is 1. The van der Waals surface area contributed by atoms with Gasteiger partial charge in [0.2, 0.25) is 0 Å². The summed E-state index contributed by atoms with van der Waals surface area (Å²) < 4.78 is 1.83. The Bertz CT molecular complexity index is 513. The molecule has 2 aromatic rings. The van der Waals surface area contributed by atoms with Gasteiger partial charge in [0, 0.05) is 0 Å². The van der Waals surface area contributed by atoms with Gasteiger partial charge < -0.3 is 5.32 Å². The summed E-state index contributed by atoms with van der Waals surface area (Å²) in [6.07, 6.45) is 2.29. The molecule has 1 atom stereocenters. The molecule has 1 saturated heterocycles. The predicted molar refractivity (Wildman–Crippen MR) is 63.9 cm³/mol. The van der Waals surface area contributed by atoms with Gasteiger partial charge in [0.25, 0.3) is 0 Å². The van der Waals surface area contributed by atoms with Gasteiger partial charge in [-0.15, -0.1) is 5.10 Å². The molecule has 0 saturated carbocycles. The average molecular weight is 229 g/mol. The Morgan fingerprint density at radius 2 is 2.35 bits per heavy atom. The van der Waals surface area contributed by atoms with Crippen LogP contribution in [0.1, 0.15) is 30.3 Å². The monoisotopic (exact) mass is 229 g/mol. The molecule has 0 bridgehead atoms. The molecule has 1 aliphatic rings. The van der Waals surface area contributed by atoms with Gasteiger partial charge in [-0.1, -0.05) is 12.1 Å². The quantitative estimate of drug-likeness (QED) is 0.845. The Labute approximate surface area is 99.8 Å². The molecule has 3 rings (SSSR count). The van der Waals surface area contributed by atoms with E-state index in [9.17, 15) is 0 Å². The smallest absolute Gasteiger partial charge is 0.173 e. The highest BCUT2D eigenvalue weighted by Gasteiger charge is 2.22. The molecule has 0 amide bonds. The van der Waals surface area contributed by atoms with Crippen molar-refractivity contribution in [2.75, 3.05) is 6.54 Å². The van der Waals surface area contributed by atoms with Crippen molar-refractivity contribution >= 4 is 0 Å². The van der Waals surface area contributed by atoms with Crippen LogP contribution in [0.4, 0.5) is 0 Å². The van der Waals surface area contributed by atoms with E-state index in [1.54, 1.807) is 0 Å². The molecule has 1 aromatic heterocycles. The fourth-order valence-corrected chi connectivity index (χ4v) is 2.26. The molecular weight excluding hydrogens is 214 g/mol. The van der Waals surface area contributed by atoms with E-state index in [4.69, 9.17) is 0 Å². The molecule has 17 heavy (non-hydrogen) atoms. The molecule has 88 valence electrons. The van der Waals surface area contributed by atoms with Gasteiger partial charge in [-0.3, -0.25) is 0 Å². The van der Waals surface area contributed by atoms with Gasteiger partial charge >= 0.3 is 0 Å². The van der Waals surface area contributed by atoms with Crippen LogP contribution in [-0.4, -0.2) is 26.8 Å². The molecule has 5 heteroatoms. The zero-order valence-corrected chi connectivity index (χ0v) is 9.80. The van der Waals surface area contributed by atoms with Crippen LogP contribution in [0, 0.1) is 6.92 Å². The Balaban J connectivity index is 2.00. The minimum atomic E-state index is 0.283. The van der Waals surface area contributed by atoms with Crippen LogP contribution in [0.3, 0.4) is 0 Å². The molecular formula is C12H15N5. The van der Waals surface area contributed by atoms with Crippen molar-refractivity contribution in [3.8, 4) is 5.69 Å². The number of hydrogen-bond donors (Lipinski definition) is 1. The summed E-state index contributed by atoms with van der Waals surface area (Å²) in [4.78, 5) is 0. The lowest BCUT2D eigenvalue weighted by Crippen LogP contribution is -2.18. The van der Waals surface area contributed by atoms with E-state index in [1.165, 1.54) is 12.0 Å². The van der Waals surface area contributed by atoms with Crippen LogP contribution in [0.5, 0.6) is 0 Å². The average Bonchev–Trinajstić information content (AvgIpc) is 3.00. The summed E-state index contributed by atoms with van der Waals surface area (Å²) in [5, 5.41) is 15.4. The molecule has 1 N–H and O–H groups in total. The zero-order valence-electron chi connectivity index (χ0n) is 9.80. The van der Waals surface area contributed by atoms with Crippen molar-refractivity contribution in [3.05, 3.63) is 35.7 Å². The summed E-state index contributed by atoms with van der Waals surface area (Å²) in [5.74, 6) is 0.910. The standard InChI is InChI=1S/C12H15N5/c1-9-4-2-5-10(8-9)17-12(14-15-16-17)11-6-3-7-13-11/h2,4-5,8,11,13H,3,6-7H2,1H3. The lowest BCUT2D eigenvalue weighted by atomic mass is 10.2. The molecule has 1 aliphatic heterocycles. The first kappa shape index (κ1) is 10.4. The highest BCUT2D eigenvalue weighted by atomic mass is 15.5. The van der Waals surface area contributed by atoms with Gasteiger partial charge in [0.1, 0.15) is 0 Å². The first-order valence-corrected chi connectivity index (χ1v) is 5.93. The second-order valence-electron chi connectivity index (χ2n) is 4.44. The SMILES string of the molecule is Cc1cccc(-n2nnnc2C2CCCN2)c1. The van der Waals surface area contributed by atoms with Gasteiger partial charge in [0.05, 0.1) is 11.7 Å². The molecule has 5 nitrogen and oxygen atoms in total. The van der Waals surface area contributed by atoms with Crippen molar-refractivity contribution in [1.82, 2.24) is 25.5 Å². The Kier molecular flexibility index (Phi) is 2.60. The first-order chi connectivity index (χ1) is 8.34. The van der Waals surface area contributed by atoms with E-state index in [0.717, 1.165) is 24.5 Å². The number of aromatic nitrogens is 4. The van der Waals surface area contributed by atoms with Gasteiger partial charge in [-0.25, -0.2) is 0 Å². The fourth-order valence-electron chi connectivity index (χ4n) is 2.26. The predicted octanol–water partition coefficient (Wildman–Crippen LogP) is 1.40. The van der Waals surface area contributed by atoms with E-state index in [2.05, 4.69) is 39.9 Å². The summed E-state index contributed by atoms with van der Waals surface area (Å²) >= 11 is 0. The second kappa shape index (κ2) is 4.25. The highest BCUT2D eigenvalue weighted by molar-refractivity contribution is 5.35. The van der Waals surface area contributed by atoms with Crippen LogP contribution in [0.2, 0.25) is 0 Å². The summed E-state index contributed by atoms with van der Waals surface area (Å²) in [7, 11) is 0. The van der Waals surface area contributed by atoms with Crippen LogP contribution in [0.25, 0.3) is 5.69 Å². The van der Waals surface area contributed by atoms with Crippen LogP contribution in [0.15, 0.2) is 24.3 Å². The third-order valence-corrected chi connectivity index (χ3v) is 3.11. The third-order valence-electron chi connectivity index (χ3n) is 3.11. The van der Waals surface area contributed by atoms with Gasteiger partial charge in [-0.2, -0.15) is 4.68 Å². The molecule has 0 radical (unpaired) electrons. The molecule has 1 unspecified atom stereocenters. The summed E-state index contributed by atoms with van der Waals surface area (Å²) in [5.41, 5.74) is 2.24. The molecule has 1 fully saturated rings. The van der Waals surface area contributed by atoms with Gasteiger partial charge in [-0.05, 0) is 54.4 Å². The summed E-state index contributed by atoms with van der Waals surface area (Å²) in [6, 6.07) is 8.50. The fraction of sp³-hybridized carbons (Fsp3) is 0.417. The third kappa shape index (κ3) is 1.93. The van der Waals surface area contributed by atoms with Crippen molar-refractivity contribution in [3.63, 3.8) is 0 Å².